The molecule has 0 unspecified atom stereocenters. The Kier molecular flexibility index (Phi) is 4.94. The Bertz CT molecular complexity index is 502. The number of nitrogens with one attached hydrogen (secondary N) is 1. The first-order valence-electron chi connectivity index (χ1n) is 6.11. The van der Waals surface area contributed by atoms with Crippen molar-refractivity contribution in [1.82, 2.24) is 4.72 Å². The number of aryl methyl sites for hydroxylation is 1. The Balaban J connectivity index is 3.06. The van der Waals surface area contributed by atoms with E-state index in [1.807, 2.05) is 27.7 Å². The number of thiophene rings is 1. The summed E-state index contributed by atoms with van der Waals surface area (Å²) in [5.74, 6) is 0. The van der Waals surface area contributed by atoms with E-state index in [4.69, 9.17) is 5.73 Å². The summed E-state index contributed by atoms with van der Waals surface area (Å²) in [4.78, 5) is 0.921. The summed E-state index contributed by atoms with van der Waals surface area (Å²) in [6.07, 6.45) is 1.52. The second-order valence-corrected chi connectivity index (χ2v) is 7.80. The summed E-state index contributed by atoms with van der Waals surface area (Å²) in [5.41, 5.74) is 6.13. The third-order valence-corrected chi connectivity index (χ3v) is 6.76. The van der Waals surface area contributed by atoms with Crippen LogP contribution in [0.2, 0.25) is 0 Å². The van der Waals surface area contributed by atoms with E-state index >= 15 is 0 Å². The maximum Gasteiger partial charge on any atom is 0.250 e. The molecule has 6 heteroatoms. The van der Waals surface area contributed by atoms with Crippen LogP contribution in [0.5, 0.6) is 0 Å². The third-order valence-electron chi connectivity index (χ3n) is 3.39. The molecule has 0 radical (unpaired) electrons. The van der Waals surface area contributed by atoms with Gasteiger partial charge in [-0.25, -0.2) is 13.1 Å². The Labute approximate surface area is 114 Å². The first-order chi connectivity index (χ1) is 8.28. The number of sulfonamides is 1. The fourth-order valence-corrected chi connectivity index (χ4v) is 4.61. The van der Waals surface area contributed by atoms with E-state index in [1.54, 1.807) is 6.07 Å². The van der Waals surface area contributed by atoms with Gasteiger partial charge in [0.05, 0.1) is 0 Å². The fraction of sp³-hybridized carbons (Fsp3) is 0.667. The molecule has 4 nitrogen and oxygen atoms in total. The van der Waals surface area contributed by atoms with Gasteiger partial charge in [0, 0.05) is 17.0 Å². The largest absolute Gasteiger partial charge is 0.326 e. The van der Waals surface area contributed by atoms with Crippen LogP contribution in [0.1, 0.15) is 44.1 Å². The summed E-state index contributed by atoms with van der Waals surface area (Å²) in [5, 5.41) is 0. The molecule has 1 heterocycles. The standard InChI is InChI=1S/C12H22N2O2S2/c1-5-12(4,6-2)14-18(15,16)11-7-9(3)10(8-13)17-11/h7,14H,5-6,8,13H2,1-4H3. The highest BCUT2D eigenvalue weighted by atomic mass is 32.2. The zero-order valence-electron chi connectivity index (χ0n) is 11.4. The van der Waals surface area contributed by atoms with Crippen molar-refractivity contribution in [3.63, 3.8) is 0 Å². The third kappa shape index (κ3) is 3.32. The molecule has 1 aromatic heterocycles. The molecule has 0 aliphatic carbocycles. The van der Waals surface area contributed by atoms with Crippen LogP contribution in [-0.4, -0.2) is 14.0 Å². The molecule has 0 amide bonds. The van der Waals surface area contributed by atoms with Crippen molar-refractivity contribution in [2.75, 3.05) is 0 Å². The molecule has 104 valence electrons. The highest BCUT2D eigenvalue weighted by Gasteiger charge is 2.28. The molecule has 0 aliphatic heterocycles. The first-order valence-corrected chi connectivity index (χ1v) is 8.41. The van der Waals surface area contributed by atoms with Crippen LogP contribution >= 0.6 is 11.3 Å². The summed E-state index contributed by atoms with van der Waals surface area (Å²) >= 11 is 1.25. The monoisotopic (exact) mass is 290 g/mol. The molecule has 0 atom stereocenters. The van der Waals surface area contributed by atoms with E-state index in [1.165, 1.54) is 11.3 Å². The van der Waals surface area contributed by atoms with Gasteiger partial charge in [-0.15, -0.1) is 11.3 Å². The zero-order valence-corrected chi connectivity index (χ0v) is 13.0. The topological polar surface area (TPSA) is 72.2 Å². The van der Waals surface area contributed by atoms with Gasteiger partial charge in [0.1, 0.15) is 4.21 Å². The predicted octanol–water partition coefficient (Wildman–Crippen LogP) is 2.37. The molecule has 0 bridgehead atoms. The van der Waals surface area contributed by atoms with Crippen LogP contribution in [0, 0.1) is 6.92 Å². The summed E-state index contributed by atoms with van der Waals surface area (Å²) in [7, 11) is -3.44. The van der Waals surface area contributed by atoms with E-state index < -0.39 is 10.0 Å². The van der Waals surface area contributed by atoms with Gasteiger partial charge < -0.3 is 5.73 Å². The van der Waals surface area contributed by atoms with E-state index in [0.717, 1.165) is 23.3 Å². The van der Waals surface area contributed by atoms with Crippen molar-refractivity contribution in [2.45, 2.75) is 56.8 Å². The molecule has 1 rings (SSSR count). The summed E-state index contributed by atoms with van der Waals surface area (Å²) in [6.45, 7) is 8.16. The fourth-order valence-electron chi connectivity index (χ4n) is 1.59. The van der Waals surface area contributed by atoms with E-state index in [0.29, 0.717) is 10.8 Å². The van der Waals surface area contributed by atoms with Gasteiger partial charge in [0.25, 0.3) is 10.0 Å². The van der Waals surface area contributed by atoms with Crippen molar-refractivity contribution in [3.8, 4) is 0 Å². The van der Waals surface area contributed by atoms with Crippen molar-refractivity contribution in [2.24, 2.45) is 5.73 Å². The zero-order chi connectivity index (χ0) is 14.0. The van der Waals surface area contributed by atoms with Gasteiger partial charge in [-0.1, -0.05) is 13.8 Å². The minimum atomic E-state index is -3.44. The van der Waals surface area contributed by atoms with Crippen molar-refractivity contribution < 1.29 is 8.42 Å². The van der Waals surface area contributed by atoms with Gasteiger partial charge in [-0.3, -0.25) is 0 Å². The molecule has 1 aromatic rings. The van der Waals surface area contributed by atoms with Gasteiger partial charge in [-0.05, 0) is 38.3 Å². The summed E-state index contributed by atoms with van der Waals surface area (Å²) in [6, 6.07) is 1.70. The molecule has 0 saturated carbocycles. The second kappa shape index (κ2) is 5.69. The molecule has 0 aromatic carbocycles. The highest BCUT2D eigenvalue weighted by Crippen LogP contribution is 2.27. The first kappa shape index (κ1) is 15.6. The lowest BCUT2D eigenvalue weighted by Gasteiger charge is -2.27. The molecule has 3 N–H and O–H groups in total. The molecule has 18 heavy (non-hydrogen) atoms. The Morgan fingerprint density at radius 2 is 1.94 bits per heavy atom. The predicted molar refractivity (Wildman–Crippen MR) is 76.3 cm³/mol. The van der Waals surface area contributed by atoms with Crippen LogP contribution in [0.25, 0.3) is 0 Å². The van der Waals surface area contributed by atoms with Gasteiger partial charge in [-0.2, -0.15) is 0 Å². The smallest absolute Gasteiger partial charge is 0.250 e. The van der Waals surface area contributed by atoms with Crippen molar-refractivity contribution >= 4 is 21.4 Å². The average molecular weight is 290 g/mol. The lowest BCUT2D eigenvalue weighted by molar-refractivity contribution is 0.389. The summed E-state index contributed by atoms with van der Waals surface area (Å²) < 4.78 is 27.8. The Morgan fingerprint density at radius 1 is 1.39 bits per heavy atom. The highest BCUT2D eigenvalue weighted by molar-refractivity contribution is 7.91. The number of nitrogens with two attached hydrogens (primary N) is 1. The van der Waals surface area contributed by atoms with Crippen LogP contribution in [0.3, 0.4) is 0 Å². The van der Waals surface area contributed by atoms with Crippen molar-refractivity contribution in [3.05, 3.63) is 16.5 Å². The molecule has 0 fully saturated rings. The maximum absolute atomic E-state index is 12.3. The molecular formula is C12H22N2O2S2. The lowest BCUT2D eigenvalue weighted by Crippen LogP contribution is -2.44. The lowest BCUT2D eigenvalue weighted by atomic mass is 9.98. The number of rotatable bonds is 6. The van der Waals surface area contributed by atoms with E-state index in [9.17, 15) is 8.42 Å². The normalized spacial score (nSPS) is 12.9. The molecule has 0 aliphatic rings. The van der Waals surface area contributed by atoms with Crippen LogP contribution in [0.15, 0.2) is 10.3 Å². The van der Waals surface area contributed by atoms with Gasteiger partial charge >= 0.3 is 0 Å². The Hall–Kier alpha value is -0.430. The van der Waals surface area contributed by atoms with Gasteiger partial charge in [0.15, 0.2) is 0 Å². The van der Waals surface area contributed by atoms with Crippen LogP contribution in [-0.2, 0) is 16.6 Å². The SMILES string of the molecule is CCC(C)(CC)NS(=O)(=O)c1cc(C)c(CN)s1. The minimum Gasteiger partial charge on any atom is -0.326 e. The number of hydrogen-bond acceptors (Lipinski definition) is 4. The second-order valence-electron chi connectivity index (χ2n) is 4.75. The molecule has 0 saturated heterocycles. The number of hydrogen-bond donors (Lipinski definition) is 2. The Morgan fingerprint density at radius 3 is 2.33 bits per heavy atom. The molecular weight excluding hydrogens is 268 g/mol. The van der Waals surface area contributed by atoms with Crippen LogP contribution < -0.4 is 10.5 Å². The average Bonchev–Trinajstić information content (AvgIpc) is 2.70. The van der Waals surface area contributed by atoms with E-state index in [-0.39, 0.29) is 5.54 Å². The quantitative estimate of drug-likeness (QED) is 0.845. The van der Waals surface area contributed by atoms with Gasteiger partial charge in [0.2, 0.25) is 0 Å². The van der Waals surface area contributed by atoms with E-state index in [2.05, 4.69) is 4.72 Å². The minimum absolute atomic E-state index is 0.355. The van der Waals surface area contributed by atoms with Crippen molar-refractivity contribution in [1.29, 1.82) is 0 Å². The van der Waals surface area contributed by atoms with Crippen LogP contribution in [0.4, 0.5) is 0 Å². The maximum atomic E-state index is 12.3. The molecule has 0 spiro atoms.